The number of aromatic nitrogens is 2. The van der Waals surface area contributed by atoms with Crippen LogP contribution in [-0.2, 0) is 0 Å². The van der Waals surface area contributed by atoms with E-state index in [1.165, 1.54) is 12.1 Å². The minimum atomic E-state index is -0.265. The molecule has 0 aliphatic carbocycles. The molecule has 0 bridgehead atoms. The standard InChI is InChI=1S/C13H8BrFIN3/c14-7-1-3-12-10(5-7)18-13(17)19(12)11-4-2-8(15)6-9(11)16/h1-6H,(H2,17,18). The van der Waals surface area contributed by atoms with E-state index in [0.717, 1.165) is 24.8 Å². The van der Waals surface area contributed by atoms with Crippen molar-refractivity contribution in [3.8, 4) is 5.69 Å². The van der Waals surface area contributed by atoms with Crippen LogP contribution in [0.1, 0.15) is 0 Å². The molecule has 0 aliphatic heterocycles. The van der Waals surface area contributed by atoms with Crippen molar-refractivity contribution in [2.45, 2.75) is 0 Å². The maximum Gasteiger partial charge on any atom is 0.205 e. The van der Waals surface area contributed by atoms with Crippen LogP contribution in [0.3, 0.4) is 0 Å². The zero-order valence-corrected chi connectivity index (χ0v) is 13.3. The van der Waals surface area contributed by atoms with Crippen molar-refractivity contribution in [1.29, 1.82) is 0 Å². The Balaban J connectivity index is 2.33. The van der Waals surface area contributed by atoms with E-state index in [4.69, 9.17) is 5.73 Å². The molecule has 0 amide bonds. The van der Waals surface area contributed by atoms with Crippen LogP contribution in [0, 0.1) is 9.39 Å². The van der Waals surface area contributed by atoms with Crippen LogP contribution in [0.2, 0.25) is 0 Å². The van der Waals surface area contributed by atoms with E-state index in [-0.39, 0.29) is 5.82 Å². The number of hydrogen-bond donors (Lipinski definition) is 1. The molecule has 1 aromatic heterocycles. The zero-order chi connectivity index (χ0) is 13.6. The van der Waals surface area contributed by atoms with Gasteiger partial charge >= 0.3 is 0 Å². The van der Waals surface area contributed by atoms with Gasteiger partial charge < -0.3 is 5.73 Å². The first-order chi connectivity index (χ1) is 9.06. The lowest BCUT2D eigenvalue weighted by molar-refractivity contribution is 0.626. The lowest BCUT2D eigenvalue weighted by Crippen LogP contribution is -2.02. The molecule has 2 N–H and O–H groups in total. The normalized spacial score (nSPS) is 11.1. The van der Waals surface area contributed by atoms with Gasteiger partial charge in [0.2, 0.25) is 5.95 Å². The molecule has 3 nitrogen and oxygen atoms in total. The van der Waals surface area contributed by atoms with Crippen molar-refractivity contribution < 1.29 is 4.39 Å². The molecular formula is C13H8BrFIN3. The number of fused-ring (bicyclic) bond motifs is 1. The number of benzene rings is 2. The molecule has 0 spiro atoms. The molecule has 1 heterocycles. The highest BCUT2D eigenvalue weighted by Gasteiger charge is 2.13. The smallest absolute Gasteiger partial charge is 0.205 e. The predicted octanol–water partition coefficient (Wildman–Crippen LogP) is 4.11. The monoisotopic (exact) mass is 431 g/mol. The Kier molecular flexibility index (Phi) is 3.22. The minimum Gasteiger partial charge on any atom is -0.369 e. The fourth-order valence-corrected chi connectivity index (χ4v) is 3.06. The number of halogens is 3. The van der Waals surface area contributed by atoms with Crippen LogP contribution in [0.25, 0.3) is 16.7 Å². The van der Waals surface area contributed by atoms with Gasteiger partial charge in [-0.2, -0.15) is 0 Å². The van der Waals surface area contributed by atoms with Crippen LogP contribution in [0.4, 0.5) is 10.3 Å². The first-order valence-corrected chi connectivity index (χ1v) is 7.32. The molecule has 0 radical (unpaired) electrons. The summed E-state index contributed by atoms with van der Waals surface area (Å²) in [6.45, 7) is 0. The van der Waals surface area contributed by atoms with Crippen LogP contribution in [-0.4, -0.2) is 9.55 Å². The molecule has 0 unspecified atom stereocenters. The van der Waals surface area contributed by atoms with E-state index in [1.807, 2.05) is 22.8 Å². The van der Waals surface area contributed by atoms with Gasteiger partial charge in [0, 0.05) is 8.04 Å². The van der Waals surface area contributed by atoms with E-state index in [0.29, 0.717) is 5.95 Å². The van der Waals surface area contributed by atoms with Gasteiger partial charge in [0.15, 0.2) is 0 Å². The number of imidazole rings is 1. The summed E-state index contributed by atoms with van der Waals surface area (Å²) in [4.78, 5) is 4.33. The molecule has 0 atom stereocenters. The van der Waals surface area contributed by atoms with Gasteiger partial charge in [-0.05, 0) is 59.0 Å². The molecule has 19 heavy (non-hydrogen) atoms. The number of nitrogens with two attached hydrogens (primary N) is 1. The fourth-order valence-electron chi connectivity index (χ4n) is 1.99. The van der Waals surface area contributed by atoms with E-state index in [2.05, 4.69) is 43.5 Å². The van der Waals surface area contributed by atoms with Gasteiger partial charge in [0.05, 0.1) is 16.7 Å². The van der Waals surface area contributed by atoms with Gasteiger partial charge in [0.25, 0.3) is 0 Å². The number of anilines is 1. The summed E-state index contributed by atoms with van der Waals surface area (Å²) in [5, 5.41) is 0. The van der Waals surface area contributed by atoms with Gasteiger partial charge in [-0.15, -0.1) is 0 Å². The van der Waals surface area contributed by atoms with E-state index < -0.39 is 0 Å². The lowest BCUT2D eigenvalue weighted by Gasteiger charge is -2.09. The van der Waals surface area contributed by atoms with Crippen LogP contribution in [0.15, 0.2) is 40.9 Å². The molecule has 3 rings (SSSR count). The Morgan fingerprint density at radius 2 is 2.00 bits per heavy atom. The predicted molar refractivity (Wildman–Crippen MR) is 85.9 cm³/mol. The van der Waals surface area contributed by atoms with Gasteiger partial charge in [-0.3, -0.25) is 4.57 Å². The number of hydrogen-bond acceptors (Lipinski definition) is 2. The topological polar surface area (TPSA) is 43.8 Å². The average molecular weight is 432 g/mol. The van der Waals surface area contributed by atoms with Gasteiger partial charge in [0.1, 0.15) is 5.82 Å². The molecule has 0 aliphatic rings. The van der Waals surface area contributed by atoms with E-state index in [9.17, 15) is 4.39 Å². The van der Waals surface area contributed by atoms with Crippen LogP contribution >= 0.6 is 38.5 Å². The maximum atomic E-state index is 13.2. The third-order valence-electron chi connectivity index (χ3n) is 2.79. The third-order valence-corrected chi connectivity index (χ3v) is 4.15. The molecule has 3 aromatic rings. The second-order valence-electron chi connectivity index (χ2n) is 4.03. The summed E-state index contributed by atoms with van der Waals surface area (Å²) in [5.74, 6) is 0.122. The SMILES string of the molecule is Nc1nc2cc(Br)ccc2n1-c1ccc(F)cc1I. The fraction of sp³-hybridized carbons (Fsp3) is 0. The van der Waals surface area contributed by atoms with Crippen molar-refractivity contribution in [3.05, 3.63) is 50.3 Å². The minimum absolute atomic E-state index is 0.265. The Morgan fingerprint density at radius 1 is 1.21 bits per heavy atom. The highest BCUT2D eigenvalue weighted by molar-refractivity contribution is 14.1. The summed E-state index contributed by atoms with van der Waals surface area (Å²) in [6, 6.07) is 10.4. The third kappa shape index (κ3) is 2.23. The number of nitrogens with zero attached hydrogens (tertiary/aromatic N) is 2. The van der Waals surface area contributed by atoms with Crippen molar-refractivity contribution in [2.24, 2.45) is 0 Å². The Hall–Kier alpha value is -1.15. The average Bonchev–Trinajstić information content (AvgIpc) is 2.65. The molecule has 0 fully saturated rings. The summed E-state index contributed by atoms with van der Waals surface area (Å²) in [6.07, 6.45) is 0. The molecule has 2 aromatic carbocycles. The highest BCUT2D eigenvalue weighted by atomic mass is 127. The largest absolute Gasteiger partial charge is 0.369 e. The summed E-state index contributed by atoms with van der Waals surface area (Å²) < 4.78 is 16.7. The first kappa shape index (κ1) is 12.9. The molecular weight excluding hydrogens is 424 g/mol. The first-order valence-electron chi connectivity index (χ1n) is 5.45. The molecule has 0 saturated heterocycles. The Bertz CT molecular complexity index is 785. The van der Waals surface area contributed by atoms with Crippen molar-refractivity contribution in [3.63, 3.8) is 0 Å². The molecule has 0 saturated carbocycles. The second kappa shape index (κ2) is 4.75. The van der Waals surface area contributed by atoms with Crippen LogP contribution in [0.5, 0.6) is 0 Å². The van der Waals surface area contributed by atoms with Gasteiger partial charge in [-0.25, -0.2) is 9.37 Å². The Morgan fingerprint density at radius 3 is 2.74 bits per heavy atom. The lowest BCUT2D eigenvalue weighted by atomic mass is 10.2. The number of nitrogen functional groups attached to an aromatic ring is 1. The summed E-state index contributed by atoms with van der Waals surface area (Å²) in [7, 11) is 0. The van der Waals surface area contributed by atoms with Crippen molar-refractivity contribution in [2.75, 3.05) is 5.73 Å². The van der Waals surface area contributed by atoms with Crippen molar-refractivity contribution in [1.82, 2.24) is 9.55 Å². The van der Waals surface area contributed by atoms with Gasteiger partial charge in [-0.1, -0.05) is 15.9 Å². The highest BCUT2D eigenvalue weighted by Crippen LogP contribution is 2.28. The summed E-state index contributed by atoms with van der Waals surface area (Å²) in [5.41, 5.74) is 8.50. The number of rotatable bonds is 1. The molecule has 96 valence electrons. The quantitative estimate of drug-likeness (QED) is 0.589. The second-order valence-corrected chi connectivity index (χ2v) is 6.11. The maximum absolute atomic E-state index is 13.2. The van der Waals surface area contributed by atoms with Crippen molar-refractivity contribution >= 4 is 55.5 Å². The zero-order valence-electron chi connectivity index (χ0n) is 9.57. The Labute approximate surface area is 130 Å². The summed E-state index contributed by atoms with van der Waals surface area (Å²) >= 11 is 5.50. The van der Waals surface area contributed by atoms with E-state index >= 15 is 0 Å². The van der Waals surface area contributed by atoms with Crippen LogP contribution < -0.4 is 5.73 Å². The molecule has 6 heteroatoms. The van der Waals surface area contributed by atoms with E-state index in [1.54, 1.807) is 6.07 Å².